The van der Waals surface area contributed by atoms with E-state index in [4.69, 9.17) is 64.9 Å². The Kier molecular flexibility index (Phi) is 149. The fourth-order valence-corrected chi connectivity index (χ4v) is 1.18. The number of nitrogens with zero attached hydrogens (tertiary/aromatic N) is 6. The molecule has 0 spiro atoms. The number of hydrogen-bond donors (Lipinski definition) is 1. The van der Waals surface area contributed by atoms with Crippen LogP contribution < -0.4 is 5.73 Å². The topological polar surface area (TPSA) is 148 Å². The molecule has 0 saturated carbocycles. The molecule has 0 fully saturated rings. The maximum atomic E-state index is 6.25. The minimum Gasteiger partial charge on any atom is -0.512 e. The molecule has 0 aliphatic carbocycles. The van der Waals surface area contributed by atoms with Gasteiger partial charge in [-0.1, -0.05) is 13.8 Å². The first-order chi connectivity index (χ1) is 10.2. The van der Waals surface area contributed by atoms with Gasteiger partial charge in [-0.2, -0.15) is 0 Å². The van der Waals surface area contributed by atoms with Gasteiger partial charge < -0.3 is 69.8 Å². The molecular weight excluding hydrogens is 322 g/mol. The third kappa shape index (κ3) is 82.0. The van der Waals surface area contributed by atoms with Crippen molar-refractivity contribution in [2.24, 2.45) is 5.73 Å². The summed E-state index contributed by atoms with van der Waals surface area (Å²) in [6.45, 7) is 33.8. The smallest absolute Gasteiger partial charge is 0.512 e. The zero-order valence-corrected chi connectivity index (χ0v) is 14.3. The Labute approximate surface area is 146 Å². The van der Waals surface area contributed by atoms with Crippen LogP contribution in [0, 0.1) is 59.2 Å². The van der Waals surface area contributed by atoms with E-state index >= 15 is 0 Å². The molecule has 1 atom stereocenters. The average molecular weight is 344 g/mol. The minimum absolute atomic E-state index is 0. The average Bonchev–Trinajstić information content (AvgIpc) is 2.60. The summed E-state index contributed by atoms with van der Waals surface area (Å²) in [5, 5.41) is 31.2. The van der Waals surface area contributed by atoms with Crippen LogP contribution in [0.2, 0.25) is 0 Å². The SMILES string of the molecule is CCN(CC)CCCC(C)N.[C-]#N.[C-]#N.[C-]#N.[C-]#N.[C-]#N.[Fe+5]. The van der Waals surface area contributed by atoms with E-state index in [1.54, 1.807) is 0 Å². The van der Waals surface area contributed by atoms with Crippen LogP contribution in [0.15, 0.2) is 0 Å². The fraction of sp³-hybridized carbons (Fsp3) is 0.643. The Balaban J connectivity index is -0.0000000348. The molecule has 0 heterocycles. The third-order valence-electron chi connectivity index (χ3n) is 2.03. The van der Waals surface area contributed by atoms with E-state index in [-0.39, 0.29) is 17.1 Å². The Morgan fingerprint density at radius 3 is 1.27 bits per heavy atom. The number of rotatable bonds is 6. The van der Waals surface area contributed by atoms with Crippen molar-refractivity contribution >= 4 is 0 Å². The molecule has 0 saturated heterocycles. The first-order valence-corrected chi connectivity index (χ1v) is 5.80. The molecule has 0 aliphatic heterocycles. The van der Waals surface area contributed by atoms with Crippen molar-refractivity contribution < 1.29 is 17.1 Å². The summed E-state index contributed by atoms with van der Waals surface area (Å²) in [6.07, 6.45) is 2.38. The van der Waals surface area contributed by atoms with Crippen molar-refractivity contribution in [1.29, 1.82) is 26.3 Å². The summed E-state index contributed by atoms with van der Waals surface area (Å²) >= 11 is 0. The van der Waals surface area contributed by atoms with Gasteiger partial charge in [0, 0.05) is 6.04 Å². The fourth-order valence-electron chi connectivity index (χ4n) is 1.18. The summed E-state index contributed by atoms with van der Waals surface area (Å²) in [4.78, 5) is 2.43. The molecule has 0 bridgehead atoms. The van der Waals surface area contributed by atoms with E-state index < -0.39 is 0 Å². The normalized spacial score (nSPS) is 7.41. The molecular formula is C14H22FeN7. The van der Waals surface area contributed by atoms with Crippen LogP contribution in [-0.4, -0.2) is 30.6 Å². The number of hydrogen-bond acceptors (Lipinski definition) is 7. The summed E-state index contributed by atoms with van der Waals surface area (Å²) < 4.78 is 0. The Hall–Kier alpha value is -2.11. The standard InChI is InChI=1S/C9H22N2.5CN.Fe/c1-4-11(5-2)8-6-7-9(3)10;5*1-2;/h9H,4-8,10H2,1-3H3;;;;;;/q;5*-1;+5. The van der Waals surface area contributed by atoms with Crippen LogP contribution >= 0.6 is 0 Å². The quantitative estimate of drug-likeness (QED) is 0.571. The minimum atomic E-state index is 0. The van der Waals surface area contributed by atoms with Gasteiger partial charge in [-0.3, -0.25) is 0 Å². The Bertz CT molecular complexity index is 205. The second-order valence-corrected chi connectivity index (χ2v) is 3.15. The van der Waals surface area contributed by atoms with Crippen molar-refractivity contribution in [3.05, 3.63) is 32.9 Å². The van der Waals surface area contributed by atoms with Crippen LogP contribution in [0.1, 0.15) is 33.6 Å². The van der Waals surface area contributed by atoms with Crippen molar-refractivity contribution in [2.75, 3.05) is 19.6 Å². The van der Waals surface area contributed by atoms with Gasteiger partial charge in [-0.25, -0.2) is 0 Å². The zero-order chi connectivity index (χ0) is 18.7. The third-order valence-corrected chi connectivity index (χ3v) is 2.03. The molecule has 8 heteroatoms. The monoisotopic (exact) mass is 344 g/mol. The van der Waals surface area contributed by atoms with Crippen molar-refractivity contribution in [3.8, 4) is 0 Å². The second-order valence-electron chi connectivity index (χ2n) is 3.15. The van der Waals surface area contributed by atoms with Crippen LogP contribution in [0.25, 0.3) is 0 Å². The Morgan fingerprint density at radius 1 is 0.818 bits per heavy atom. The van der Waals surface area contributed by atoms with Gasteiger partial charge in [0.1, 0.15) is 0 Å². The molecule has 0 aromatic carbocycles. The van der Waals surface area contributed by atoms with Crippen LogP contribution in [0.3, 0.4) is 0 Å². The maximum Gasteiger partial charge on any atom is 5.00 e. The molecule has 1 unspecified atom stereocenters. The van der Waals surface area contributed by atoms with Gasteiger partial charge in [0.15, 0.2) is 0 Å². The molecule has 0 aliphatic rings. The van der Waals surface area contributed by atoms with Crippen LogP contribution in [-0.2, 0) is 17.1 Å². The van der Waals surface area contributed by atoms with Crippen molar-refractivity contribution in [1.82, 2.24) is 4.90 Å². The molecule has 121 valence electrons. The van der Waals surface area contributed by atoms with E-state index in [0.29, 0.717) is 6.04 Å². The summed E-state index contributed by atoms with van der Waals surface area (Å²) in [5.74, 6) is 0. The van der Waals surface area contributed by atoms with Crippen molar-refractivity contribution in [2.45, 2.75) is 39.7 Å². The van der Waals surface area contributed by atoms with E-state index in [0.717, 1.165) is 19.5 Å². The maximum absolute atomic E-state index is 6.25. The summed E-state index contributed by atoms with van der Waals surface area (Å²) in [6, 6.07) is 0.366. The van der Waals surface area contributed by atoms with Gasteiger partial charge >= 0.3 is 17.1 Å². The van der Waals surface area contributed by atoms with Gasteiger partial charge in [0.05, 0.1) is 0 Å². The molecule has 0 aromatic rings. The van der Waals surface area contributed by atoms with Crippen molar-refractivity contribution in [3.63, 3.8) is 0 Å². The number of nitrogens with two attached hydrogens (primary N) is 1. The summed E-state index contributed by atoms with van der Waals surface area (Å²) in [5.41, 5.74) is 5.64. The molecule has 0 aromatic heterocycles. The van der Waals surface area contributed by atoms with Gasteiger partial charge in [-0.15, -0.1) is 0 Å². The van der Waals surface area contributed by atoms with E-state index in [9.17, 15) is 0 Å². The van der Waals surface area contributed by atoms with Crippen LogP contribution in [0.5, 0.6) is 0 Å². The second kappa shape index (κ2) is 76.5. The predicted molar refractivity (Wildman–Crippen MR) is 75.5 cm³/mol. The van der Waals surface area contributed by atoms with Crippen LogP contribution in [0.4, 0.5) is 0 Å². The summed E-state index contributed by atoms with van der Waals surface area (Å²) in [7, 11) is 0. The largest absolute Gasteiger partial charge is 5.00 e. The molecule has 2 N–H and O–H groups in total. The molecule has 1 radical (unpaired) electrons. The molecule has 7 nitrogen and oxygen atoms in total. The van der Waals surface area contributed by atoms with E-state index in [2.05, 4.69) is 25.7 Å². The zero-order valence-electron chi connectivity index (χ0n) is 13.2. The molecule has 0 amide bonds. The Morgan fingerprint density at radius 2 is 1.09 bits per heavy atom. The molecule has 0 rings (SSSR count). The van der Waals surface area contributed by atoms with Gasteiger partial charge in [0.2, 0.25) is 0 Å². The molecule has 22 heavy (non-hydrogen) atoms. The van der Waals surface area contributed by atoms with E-state index in [1.165, 1.54) is 13.0 Å². The first kappa shape index (κ1) is 42.7. The van der Waals surface area contributed by atoms with E-state index in [1.807, 2.05) is 0 Å². The van der Waals surface area contributed by atoms with Gasteiger partial charge in [0.25, 0.3) is 0 Å². The predicted octanol–water partition coefficient (Wildman–Crippen LogP) is 1.93. The van der Waals surface area contributed by atoms with Gasteiger partial charge in [-0.05, 0) is 39.4 Å². The first-order valence-electron chi connectivity index (χ1n) is 5.80.